The number of fused-ring (bicyclic) bond motifs is 1. The van der Waals surface area contributed by atoms with Gasteiger partial charge in [0.05, 0.1) is 11.2 Å². The van der Waals surface area contributed by atoms with E-state index in [2.05, 4.69) is 44.9 Å². The number of hydrogen-bond donors (Lipinski definition) is 3. The minimum atomic E-state index is -0.306. The summed E-state index contributed by atoms with van der Waals surface area (Å²) in [6.45, 7) is 4.07. The molecule has 174 valence electrons. The molecule has 1 aliphatic rings. The SMILES string of the molecule is Cc1ccc(Nc2ccc3c(NC(=O)c4ccc(C5CCN(C)CC5)cc4)n[nH]c3c2)c(F)c1. The van der Waals surface area contributed by atoms with Crippen LogP contribution >= 0.6 is 0 Å². The summed E-state index contributed by atoms with van der Waals surface area (Å²) in [5.74, 6) is 0.513. The summed E-state index contributed by atoms with van der Waals surface area (Å²) >= 11 is 0. The fraction of sp³-hybridized carbons (Fsp3) is 0.259. The first-order valence-electron chi connectivity index (χ1n) is 11.6. The van der Waals surface area contributed by atoms with Crippen molar-refractivity contribution in [2.45, 2.75) is 25.7 Å². The second-order valence-corrected chi connectivity index (χ2v) is 9.09. The summed E-state index contributed by atoms with van der Waals surface area (Å²) in [5, 5.41) is 14.0. The van der Waals surface area contributed by atoms with E-state index in [0.717, 1.165) is 48.1 Å². The van der Waals surface area contributed by atoms with E-state index in [1.165, 1.54) is 11.6 Å². The minimum Gasteiger partial charge on any atom is -0.353 e. The summed E-state index contributed by atoms with van der Waals surface area (Å²) in [4.78, 5) is 15.2. The standard InChI is InChI=1S/C27H28FN5O/c1-17-3-10-24(23(28)15-17)29-21-8-9-22-25(16-21)31-32-26(22)30-27(34)20-6-4-18(5-7-20)19-11-13-33(2)14-12-19/h3-10,15-16,19,29H,11-14H2,1-2H3,(H2,30,31,32,34). The fourth-order valence-corrected chi connectivity index (χ4v) is 4.50. The Morgan fingerprint density at radius 2 is 1.82 bits per heavy atom. The number of nitrogens with zero attached hydrogens (tertiary/aromatic N) is 2. The van der Waals surface area contributed by atoms with Crippen LogP contribution in [0.5, 0.6) is 0 Å². The number of carbonyl (C=O) groups excluding carboxylic acids is 1. The first-order chi connectivity index (χ1) is 16.5. The van der Waals surface area contributed by atoms with Gasteiger partial charge in [0, 0.05) is 16.6 Å². The van der Waals surface area contributed by atoms with Crippen LogP contribution < -0.4 is 10.6 Å². The first-order valence-corrected chi connectivity index (χ1v) is 11.6. The van der Waals surface area contributed by atoms with Gasteiger partial charge in [0.1, 0.15) is 5.82 Å². The molecule has 1 saturated heterocycles. The Labute approximate surface area is 198 Å². The number of benzene rings is 3. The number of hydrogen-bond acceptors (Lipinski definition) is 4. The summed E-state index contributed by atoms with van der Waals surface area (Å²) < 4.78 is 14.2. The zero-order valence-electron chi connectivity index (χ0n) is 19.4. The Balaban J connectivity index is 1.27. The van der Waals surface area contributed by atoms with Crippen molar-refractivity contribution in [2.75, 3.05) is 30.8 Å². The van der Waals surface area contributed by atoms with Crippen molar-refractivity contribution in [1.82, 2.24) is 15.1 Å². The smallest absolute Gasteiger partial charge is 0.256 e. The number of likely N-dealkylation sites (tertiary alicyclic amines) is 1. The van der Waals surface area contributed by atoms with Gasteiger partial charge in [-0.25, -0.2) is 4.39 Å². The summed E-state index contributed by atoms with van der Waals surface area (Å²) in [6.07, 6.45) is 2.30. The van der Waals surface area contributed by atoms with Crippen LogP contribution in [0.1, 0.15) is 40.2 Å². The lowest BCUT2D eigenvalue weighted by atomic mass is 9.89. The third kappa shape index (κ3) is 4.65. The van der Waals surface area contributed by atoms with Crippen LogP contribution in [0.4, 0.5) is 21.6 Å². The van der Waals surface area contributed by atoms with Gasteiger partial charge in [0.15, 0.2) is 5.82 Å². The Morgan fingerprint density at radius 1 is 1.06 bits per heavy atom. The molecule has 1 amide bonds. The van der Waals surface area contributed by atoms with Crippen LogP contribution in [-0.2, 0) is 0 Å². The second-order valence-electron chi connectivity index (χ2n) is 9.09. The lowest BCUT2D eigenvalue weighted by Crippen LogP contribution is -2.29. The number of carbonyl (C=O) groups is 1. The third-order valence-electron chi connectivity index (χ3n) is 6.56. The van der Waals surface area contributed by atoms with E-state index in [1.807, 2.05) is 43.3 Å². The van der Waals surface area contributed by atoms with Crippen molar-refractivity contribution in [3.63, 3.8) is 0 Å². The van der Waals surface area contributed by atoms with Crippen LogP contribution in [-0.4, -0.2) is 41.1 Å². The van der Waals surface area contributed by atoms with Crippen molar-refractivity contribution in [3.05, 3.63) is 83.2 Å². The number of aromatic nitrogens is 2. The minimum absolute atomic E-state index is 0.202. The molecule has 2 heterocycles. The molecule has 0 spiro atoms. The maximum atomic E-state index is 14.2. The molecule has 3 aromatic carbocycles. The van der Waals surface area contributed by atoms with Crippen LogP contribution in [0, 0.1) is 12.7 Å². The molecule has 0 aliphatic carbocycles. The zero-order chi connectivity index (χ0) is 23.7. The summed E-state index contributed by atoms with van der Waals surface area (Å²) in [7, 11) is 2.16. The molecule has 5 rings (SSSR count). The van der Waals surface area contributed by atoms with Gasteiger partial charge in [-0.3, -0.25) is 9.89 Å². The van der Waals surface area contributed by atoms with Crippen molar-refractivity contribution >= 4 is 34.0 Å². The molecule has 0 bridgehead atoms. The molecule has 7 heteroatoms. The molecule has 1 fully saturated rings. The van der Waals surface area contributed by atoms with E-state index in [9.17, 15) is 9.18 Å². The Morgan fingerprint density at radius 3 is 2.56 bits per heavy atom. The number of aryl methyl sites for hydroxylation is 1. The molecular formula is C27H28FN5O. The van der Waals surface area contributed by atoms with E-state index in [1.54, 1.807) is 6.07 Å². The van der Waals surface area contributed by atoms with E-state index in [0.29, 0.717) is 23.0 Å². The topological polar surface area (TPSA) is 73.0 Å². The van der Waals surface area contributed by atoms with Gasteiger partial charge in [0.25, 0.3) is 5.91 Å². The molecule has 4 aromatic rings. The van der Waals surface area contributed by atoms with Crippen LogP contribution in [0.25, 0.3) is 10.9 Å². The highest BCUT2D eigenvalue weighted by molar-refractivity contribution is 6.08. The summed E-state index contributed by atoms with van der Waals surface area (Å²) in [5.41, 5.74) is 4.62. The largest absolute Gasteiger partial charge is 0.353 e. The number of H-pyrrole nitrogens is 1. The monoisotopic (exact) mass is 457 g/mol. The average Bonchev–Trinajstić information content (AvgIpc) is 3.23. The molecule has 3 N–H and O–H groups in total. The van der Waals surface area contributed by atoms with Crippen molar-refractivity contribution < 1.29 is 9.18 Å². The Hall–Kier alpha value is -3.71. The van der Waals surface area contributed by atoms with Gasteiger partial charge in [-0.1, -0.05) is 18.2 Å². The normalized spacial score (nSPS) is 14.9. The van der Waals surface area contributed by atoms with Gasteiger partial charge in [-0.05, 0) is 99.4 Å². The van der Waals surface area contributed by atoms with Gasteiger partial charge >= 0.3 is 0 Å². The van der Waals surface area contributed by atoms with Crippen LogP contribution in [0.3, 0.4) is 0 Å². The highest BCUT2D eigenvalue weighted by atomic mass is 19.1. The van der Waals surface area contributed by atoms with Gasteiger partial charge < -0.3 is 15.5 Å². The lowest BCUT2D eigenvalue weighted by molar-refractivity contribution is 0.102. The first kappa shape index (κ1) is 22.1. The number of aromatic amines is 1. The maximum Gasteiger partial charge on any atom is 0.256 e. The molecule has 0 radical (unpaired) electrons. The van der Waals surface area contributed by atoms with E-state index in [-0.39, 0.29) is 11.7 Å². The molecule has 1 aliphatic heterocycles. The van der Waals surface area contributed by atoms with Gasteiger partial charge in [-0.15, -0.1) is 0 Å². The van der Waals surface area contributed by atoms with E-state index in [4.69, 9.17) is 0 Å². The molecular weight excluding hydrogens is 429 g/mol. The predicted molar refractivity (Wildman–Crippen MR) is 134 cm³/mol. The molecule has 6 nitrogen and oxygen atoms in total. The Kier molecular flexibility index (Phi) is 6.02. The number of halogens is 1. The van der Waals surface area contributed by atoms with Crippen LogP contribution in [0.2, 0.25) is 0 Å². The fourth-order valence-electron chi connectivity index (χ4n) is 4.50. The second kappa shape index (κ2) is 9.27. The molecule has 34 heavy (non-hydrogen) atoms. The number of nitrogens with one attached hydrogen (secondary N) is 3. The van der Waals surface area contributed by atoms with Crippen LogP contribution in [0.15, 0.2) is 60.7 Å². The highest BCUT2D eigenvalue weighted by Gasteiger charge is 2.19. The van der Waals surface area contributed by atoms with E-state index < -0.39 is 0 Å². The average molecular weight is 458 g/mol. The van der Waals surface area contributed by atoms with E-state index >= 15 is 0 Å². The maximum absolute atomic E-state index is 14.2. The predicted octanol–water partition coefficient (Wildman–Crippen LogP) is 5.82. The van der Waals surface area contributed by atoms with Gasteiger partial charge in [0.2, 0.25) is 0 Å². The van der Waals surface area contributed by atoms with Crippen molar-refractivity contribution in [2.24, 2.45) is 0 Å². The van der Waals surface area contributed by atoms with Crippen molar-refractivity contribution in [1.29, 1.82) is 0 Å². The molecule has 0 unspecified atom stereocenters. The Bertz CT molecular complexity index is 1320. The zero-order valence-corrected chi connectivity index (χ0v) is 19.4. The van der Waals surface area contributed by atoms with Crippen molar-refractivity contribution in [3.8, 4) is 0 Å². The van der Waals surface area contributed by atoms with Gasteiger partial charge in [-0.2, -0.15) is 5.10 Å². The molecule has 1 aromatic heterocycles. The summed E-state index contributed by atoms with van der Waals surface area (Å²) in [6, 6.07) is 18.5. The molecule has 0 saturated carbocycles. The quantitative estimate of drug-likeness (QED) is 0.353. The highest BCUT2D eigenvalue weighted by Crippen LogP contribution is 2.29. The number of anilines is 3. The third-order valence-corrected chi connectivity index (χ3v) is 6.56. The number of amides is 1. The number of piperidine rings is 1. The lowest BCUT2D eigenvalue weighted by Gasteiger charge is -2.29. The number of rotatable bonds is 5. The molecule has 0 atom stereocenters.